The minimum absolute atomic E-state index is 0.495. The Morgan fingerprint density at radius 2 is 2.18 bits per heavy atom. The van der Waals surface area contributed by atoms with Gasteiger partial charge in [0.25, 0.3) is 0 Å². The molecule has 0 spiro atoms. The number of nitrogens with zero attached hydrogens (tertiary/aromatic N) is 3. The summed E-state index contributed by atoms with van der Waals surface area (Å²) in [5.74, 6) is 3.15. The summed E-state index contributed by atoms with van der Waals surface area (Å²) in [6.45, 7) is 5.02. The van der Waals surface area contributed by atoms with Gasteiger partial charge in [-0.1, -0.05) is 26.7 Å². The lowest BCUT2D eigenvalue weighted by Gasteiger charge is -2.19. The molecular weight excluding hydrogens is 276 g/mol. The van der Waals surface area contributed by atoms with E-state index in [1.54, 1.807) is 6.21 Å². The van der Waals surface area contributed by atoms with Gasteiger partial charge in [-0.15, -0.1) is 0 Å². The molecule has 0 bridgehead atoms. The van der Waals surface area contributed by atoms with E-state index >= 15 is 0 Å². The van der Waals surface area contributed by atoms with Gasteiger partial charge in [-0.25, -0.2) is 9.98 Å². The lowest BCUT2D eigenvalue weighted by atomic mass is 10.1. The maximum absolute atomic E-state index is 5.66. The third kappa shape index (κ3) is 3.57. The van der Waals surface area contributed by atoms with Crippen molar-refractivity contribution in [3.63, 3.8) is 0 Å². The van der Waals surface area contributed by atoms with Crippen molar-refractivity contribution >= 4 is 17.7 Å². The number of aliphatic imine (C=N–C) groups is 1. The molecule has 0 saturated heterocycles. The second-order valence-corrected chi connectivity index (χ2v) is 6.48. The number of unbranched alkanes of at least 4 members (excludes halogenated alkanes) is 2. The van der Waals surface area contributed by atoms with Gasteiger partial charge in [0.05, 0.1) is 0 Å². The lowest BCUT2D eigenvalue weighted by Crippen LogP contribution is -2.18. The average Bonchev–Trinajstić information content (AvgIpc) is 2.93. The Morgan fingerprint density at radius 1 is 1.27 bits per heavy atom. The zero-order chi connectivity index (χ0) is 15.4. The van der Waals surface area contributed by atoms with Crippen LogP contribution in [0.5, 0.6) is 5.88 Å². The van der Waals surface area contributed by atoms with Gasteiger partial charge in [-0.3, -0.25) is 0 Å². The first-order valence-electron chi connectivity index (χ1n) is 8.59. The van der Waals surface area contributed by atoms with Crippen molar-refractivity contribution in [2.24, 2.45) is 10.9 Å². The normalized spacial score (nSPS) is 23.2. The molecule has 1 fully saturated rings. The number of nitrogens with one attached hydrogen (secondary N) is 1. The Labute approximate surface area is 132 Å². The highest BCUT2D eigenvalue weighted by molar-refractivity contribution is 5.76. The van der Waals surface area contributed by atoms with Crippen LogP contribution in [-0.4, -0.2) is 28.8 Å². The van der Waals surface area contributed by atoms with Crippen molar-refractivity contribution < 1.29 is 4.74 Å². The van der Waals surface area contributed by atoms with Crippen LogP contribution in [0.15, 0.2) is 4.99 Å². The number of anilines is 1. The van der Waals surface area contributed by atoms with Crippen LogP contribution in [-0.2, 0) is 6.42 Å². The predicted molar refractivity (Wildman–Crippen MR) is 89.3 cm³/mol. The van der Waals surface area contributed by atoms with Gasteiger partial charge in [0.15, 0.2) is 11.5 Å². The summed E-state index contributed by atoms with van der Waals surface area (Å²) in [4.78, 5) is 13.7. The molecule has 1 saturated carbocycles. The quantitative estimate of drug-likeness (QED) is 0.810. The van der Waals surface area contributed by atoms with E-state index in [0.717, 1.165) is 36.1 Å². The molecule has 1 aliphatic heterocycles. The summed E-state index contributed by atoms with van der Waals surface area (Å²) >= 11 is 0. The molecule has 1 unspecified atom stereocenters. The molecule has 3 rings (SSSR count). The summed E-state index contributed by atoms with van der Waals surface area (Å²) in [5, 5.41) is 3.59. The van der Waals surface area contributed by atoms with Crippen LogP contribution in [0.4, 0.5) is 11.5 Å². The monoisotopic (exact) mass is 302 g/mol. The van der Waals surface area contributed by atoms with Crippen molar-refractivity contribution in [3.8, 4) is 5.88 Å². The summed E-state index contributed by atoms with van der Waals surface area (Å²) in [5.41, 5.74) is 0.769. The molecule has 5 nitrogen and oxygen atoms in total. The van der Waals surface area contributed by atoms with Gasteiger partial charge < -0.3 is 10.1 Å². The number of aryl methyl sites for hydroxylation is 1. The highest BCUT2D eigenvalue weighted by atomic mass is 16.5. The zero-order valence-electron chi connectivity index (χ0n) is 13.6. The molecule has 5 heteroatoms. The third-order valence-corrected chi connectivity index (χ3v) is 4.45. The molecular formula is C17H26N4O. The Balaban J connectivity index is 1.79. The molecule has 0 radical (unpaired) electrons. The van der Waals surface area contributed by atoms with Crippen LogP contribution in [0, 0.1) is 5.92 Å². The van der Waals surface area contributed by atoms with E-state index in [4.69, 9.17) is 9.72 Å². The second-order valence-electron chi connectivity index (χ2n) is 6.48. The van der Waals surface area contributed by atoms with Crippen LogP contribution in [0.3, 0.4) is 0 Å². The van der Waals surface area contributed by atoms with Gasteiger partial charge in [0, 0.05) is 18.7 Å². The first-order valence-corrected chi connectivity index (χ1v) is 8.59. The minimum Gasteiger partial charge on any atom is -0.470 e. The molecule has 2 aliphatic rings. The third-order valence-electron chi connectivity index (χ3n) is 4.45. The number of hydrogen-bond donors (Lipinski definition) is 1. The van der Waals surface area contributed by atoms with E-state index in [2.05, 4.69) is 29.1 Å². The van der Waals surface area contributed by atoms with Gasteiger partial charge in [0.1, 0.15) is 12.4 Å². The van der Waals surface area contributed by atoms with Crippen molar-refractivity contribution in [2.45, 2.75) is 64.8 Å². The van der Waals surface area contributed by atoms with E-state index in [0.29, 0.717) is 18.5 Å². The SMILES string of the molecule is CCCCCc1nc(NC2CC[C@@H](C)C2)c2c(n1)OCC=N2. The molecule has 1 N–H and O–H groups in total. The summed E-state index contributed by atoms with van der Waals surface area (Å²) in [6.07, 6.45) is 9.92. The molecule has 120 valence electrons. The lowest BCUT2D eigenvalue weighted by molar-refractivity contribution is 0.359. The van der Waals surface area contributed by atoms with Gasteiger partial charge in [-0.05, 0) is 31.6 Å². The van der Waals surface area contributed by atoms with Crippen LogP contribution >= 0.6 is 0 Å². The molecule has 1 aliphatic carbocycles. The molecule has 22 heavy (non-hydrogen) atoms. The van der Waals surface area contributed by atoms with Crippen LogP contribution in [0.1, 0.15) is 58.2 Å². The van der Waals surface area contributed by atoms with E-state index in [1.807, 2.05) is 0 Å². The van der Waals surface area contributed by atoms with E-state index < -0.39 is 0 Å². The maximum Gasteiger partial charge on any atom is 0.245 e. The fourth-order valence-corrected chi connectivity index (χ4v) is 3.22. The van der Waals surface area contributed by atoms with Gasteiger partial charge in [0.2, 0.25) is 5.88 Å². The molecule has 0 amide bonds. The fraction of sp³-hybridized carbons (Fsp3) is 0.706. The molecule has 2 atom stereocenters. The van der Waals surface area contributed by atoms with E-state index in [9.17, 15) is 0 Å². The zero-order valence-corrected chi connectivity index (χ0v) is 13.6. The van der Waals surface area contributed by atoms with Crippen LogP contribution < -0.4 is 10.1 Å². The fourth-order valence-electron chi connectivity index (χ4n) is 3.22. The topological polar surface area (TPSA) is 59.4 Å². The summed E-state index contributed by atoms with van der Waals surface area (Å²) in [6, 6.07) is 0.495. The molecule has 2 heterocycles. The Morgan fingerprint density at radius 3 is 2.95 bits per heavy atom. The van der Waals surface area contributed by atoms with Crippen LogP contribution in [0.25, 0.3) is 0 Å². The first-order chi connectivity index (χ1) is 10.8. The van der Waals surface area contributed by atoms with Gasteiger partial charge >= 0.3 is 0 Å². The second kappa shape index (κ2) is 7.07. The van der Waals surface area contributed by atoms with Crippen molar-refractivity contribution in [1.82, 2.24) is 9.97 Å². The smallest absolute Gasteiger partial charge is 0.245 e. The van der Waals surface area contributed by atoms with Crippen LogP contribution in [0.2, 0.25) is 0 Å². The number of rotatable bonds is 6. The Hall–Kier alpha value is -1.65. The number of ether oxygens (including phenoxy) is 1. The summed E-state index contributed by atoms with van der Waals surface area (Å²) in [7, 11) is 0. The number of aromatic nitrogens is 2. The van der Waals surface area contributed by atoms with Crippen molar-refractivity contribution in [1.29, 1.82) is 0 Å². The number of hydrogen-bond acceptors (Lipinski definition) is 5. The average molecular weight is 302 g/mol. The minimum atomic E-state index is 0.495. The maximum atomic E-state index is 5.66. The van der Waals surface area contributed by atoms with Crippen molar-refractivity contribution in [3.05, 3.63) is 5.82 Å². The molecule has 1 aromatic rings. The largest absolute Gasteiger partial charge is 0.470 e. The molecule has 1 aromatic heterocycles. The highest BCUT2D eigenvalue weighted by Crippen LogP contribution is 2.36. The standard InChI is InChI=1S/C17H26N4O/c1-3-4-5-6-14-20-16(19-13-8-7-12(2)11-13)15-17(21-14)22-10-9-18-15/h9,12-13H,3-8,10-11H2,1-2H3,(H,19,20,21)/t12-,13?/m1/s1. The predicted octanol–water partition coefficient (Wildman–Crippen LogP) is 3.90. The Bertz CT molecular complexity index is 544. The Kier molecular flexibility index (Phi) is 4.90. The number of fused-ring (bicyclic) bond motifs is 1. The first kappa shape index (κ1) is 15.3. The highest BCUT2D eigenvalue weighted by Gasteiger charge is 2.24. The summed E-state index contributed by atoms with van der Waals surface area (Å²) < 4.78 is 5.66. The van der Waals surface area contributed by atoms with Crippen molar-refractivity contribution in [2.75, 3.05) is 11.9 Å². The van der Waals surface area contributed by atoms with E-state index in [1.165, 1.54) is 32.1 Å². The molecule has 0 aromatic carbocycles. The van der Waals surface area contributed by atoms with E-state index in [-0.39, 0.29) is 0 Å². The van der Waals surface area contributed by atoms with Gasteiger partial charge in [-0.2, -0.15) is 4.98 Å².